The largest absolute Gasteiger partial charge is 0.497 e. The van der Waals surface area contributed by atoms with Gasteiger partial charge in [-0.1, -0.05) is 12.1 Å². The van der Waals surface area contributed by atoms with Crippen LogP contribution in [0, 0.1) is 11.8 Å². The van der Waals surface area contributed by atoms with Gasteiger partial charge in [-0.15, -0.1) is 0 Å². The molecule has 0 N–H and O–H groups in total. The maximum Gasteiger partial charge on any atom is 0.309 e. The number of carbonyl (C=O) groups is 1. The summed E-state index contributed by atoms with van der Waals surface area (Å²) in [6.07, 6.45) is 7.29. The Morgan fingerprint density at radius 1 is 1.27 bits per heavy atom. The molecule has 6 heteroatoms. The standard InChI is InChI=1S/C20H23N3O3/c1-3-26-20(24)16-10-15(16)17-11-18(13-4-6-14(25-2)7-5-13)23-9-8-21-12-19(23)22-17/h4-9,12,15-18H,3,10-11H2,1-2H3. The van der Waals surface area contributed by atoms with Crippen LogP contribution in [0.4, 0.5) is 0 Å². The van der Waals surface area contributed by atoms with Crippen LogP contribution in [0.1, 0.15) is 31.4 Å². The molecule has 0 radical (unpaired) electrons. The first-order chi connectivity index (χ1) is 12.7. The number of fused-ring (bicyclic) bond motifs is 1. The molecular formula is C20H23N3O3. The number of esters is 1. The van der Waals surface area contributed by atoms with E-state index in [9.17, 15) is 4.79 Å². The highest BCUT2D eigenvalue weighted by Gasteiger charge is 2.50. The lowest BCUT2D eigenvalue weighted by Crippen LogP contribution is -2.40. The van der Waals surface area contributed by atoms with Gasteiger partial charge in [-0.25, -0.2) is 0 Å². The van der Waals surface area contributed by atoms with Crippen LogP contribution >= 0.6 is 0 Å². The Morgan fingerprint density at radius 3 is 2.81 bits per heavy atom. The summed E-state index contributed by atoms with van der Waals surface area (Å²) in [5, 5.41) is 0. The summed E-state index contributed by atoms with van der Waals surface area (Å²) in [5.41, 5.74) is 1.21. The molecule has 4 rings (SSSR count). The van der Waals surface area contributed by atoms with E-state index in [-0.39, 0.29) is 29.9 Å². The minimum absolute atomic E-state index is 0.0107. The first-order valence-electron chi connectivity index (χ1n) is 9.07. The van der Waals surface area contributed by atoms with Crippen molar-refractivity contribution in [3.63, 3.8) is 0 Å². The molecule has 0 bridgehead atoms. The van der Waals surface area contributed by atoms with Gasteiger partial charge in [-0.2, -0.15) is 0 Å². The van der Waals surface area contributed by atoms with E-state index in [4.69, 9.17) is 14.5 Å². The minimum Gasteiger partial charge on any atom is -0.497 e. The summed E-state index contributed by atoms with van der Waals surface area (Å²) >= 11 is 0. The molecule has 1 aromatic rings. The Kier molecular flexibility index (Phi) is 4.49. The van der Waals surface area contributed by atoms with Gasteiger partial charge in [0.2, 0.25) is 0 Å². The van der Waals surface area contributed by atoms with Crippen LogP contribution in [-0.2, 0) is 9.53 Å². The third kappa shape index (κ3) is 3.11. The molecule has 0 saturated heterocycles. The molecule has 1 saturated carbocycles. The lowest BCUT2D eigenvalue weighted by atomic mass is 9.93. The number of aliphatic imine (C=N–C) groups is 2. The zero-order valence-electron chi connectivity index (χ0n) is 15.0. The van der Waals surface area contributed by atoms with Gasteiger partial charge in [-0.3, -0.25) is 14.8 Å². The molecular weight excluding hydrogens is 330 g/mol. The lowest BCUT2D eigenvalue weighted by molar-refractivity contribution is -0.145. The van der Waals surface area contributed by atoms with E-state index < -0.39 is 0 Å². The fourth-order valence-corrected chi connectivity index (χ4v) is 3.84. The van der Waals surface area contributed by atoms with Gasteiger partial charge < -0.3 is 14.4 Å². The normalized spacial score (nSPS) is 29.0. The molecule has 4 atom stereocenters. The van der Waals surface area contributed by atoms with Gasteiger partial charge >= 0.3 is 5.97 Å². The molecule has 4 unspecified atom stereocenters. The van der Waals surface area contributed by atoms with E-state index in [1.807, 2.05) is 25.3 Å². The predicted octanol–water partition coefficient (Wildman–Crippen LogP) is 2.96. The van der Waals surface area contributed by atoms with Crippen molar-refractivity contribution in [2.75, 3.05) is 13.7 Å². The number of methoxy groups -OCH3 is 1. The second kappa shape index (κ2) is 6.94. The second-order valence-corrected chi connectivity index (χ2v) is 6.82. The quantitative estimate of drug-likeness (QED) is 0.764. The van der Waals surface area contributed by atoms with E-state index in [1.54, 1.807) is 19.5 Å². The van der Waals surface area contributed by atoms with Crippen molar-refractivity contribution < 1.29 is 14.3 Å². The van der Waals surface area contributed by atoms with E-state index >= 15 is 0 Å². The van der Waals surface area contributed by atoms with Gasteiger partial charge in [0.1, 0.15) is 11.6 Å². The average molecular weight is 353 g/mol. The van der Waals surface area contributed by atoms with Crippen LogP contribution < -0.4 is 4.74 Å². The molecule has 3 aliphatic rings. The highest BCUT2D eigenvalue weighted by Crippen LogP contribution is 2.48. The number of benzene rings is 1. The molecule has 2 heterocycles. The smallest absolute Gasteiger partial charge is 0.309 e. The Bertz CT molecular complexity index is 769. The zero-order chi connectivity index (χ0) is 18.1. The fourth-order valence-electron chi connectivity index (χ4n) is 3.84. The Hall–Kier alpha value is -2.63. The molecule has 136 valence electrons. The van der Waals surface area contributed by atoms with E-state index in [2.05, 4.69) is 22.0 Å². The third-order valence-corrected chi connectivity index (χ3v) is 5.29. The van der Waals surface area contributed by atoms with Crippen LogP contribution in [0.3, 0.4) is 0 Å². The zero-order valence-corrected chi connectivity index (χ0v) is 15.0. The van der Waals surface area contributed by atoms with Crippen molar-refractivity contribution in [2.24, 2.45) is 21.8 Å². The number of nitrogens with zero attached hydrogens (tertiary/aromatic N) is 3. The van der Waals surface area contributed by atoms with Crippen molar-refractivity contribution in [1.29, 1.82) is 0 Å². The fraction of sp³-hybridized carbons (Fsp3) is 0.450. The summed E-state index contributed by atoms with van der Waals surface area (Å²) in [6, 6.07) is 8.44. The topological polar surface area (TPSA) is 63.5 Å². The monoisotopic (exact) mass is 353 g/mol. The van der Waals surface area contributed by atoms with Crippen LogP contribution in [-0.4, -0.2) is 42.7 Å². The first kappa shape index (κ1) is 16.8. The van der Waals surface area contributed by atoms with Gasteiger partial charge in [0.15, 0.2) is 0 Å². The maximum atomic E-state index is 12.0. The Labute approximate surface area is 153 Å². The average Bonchev–Trinajstić information content (AvgIpc) is 3.48. The SMILES string of the molecule is CCOC(=O)C1CC1C1CC(c2ccc(OC)cc2)N2C=CN=CC2=N1. The van der Waals surface area contributed by atoms with E-state index in [0.29, 0.717) is 6.61 Å². The number of hydrogen-bond donors (Lipinski definition) is 0. The summed E-state index contributed by atoms with van der Waals surface area (Å²) in [5.74, 6) is 1.87. The van der Waals surface area contributed by atoms with E-state index in [1.165, 1.54) is 5.56 Å². The summed E-state index contributed by atoms with van der Waals surface area (Å²) < 4.78 is 10.5. The van der Waals surface area contributed by atoms with Crippen LogP contribution in [0.15, 0.2) is 46.7 Å². The van der Waals surface area contributed by atoms with Gasteiger partial charge in [0.25, 0.3) is 0 Å². The first-order valence-corrected chi connectivity index (χ1v) is 9.07. The summed E-state index contributed by atoms with van der Waals surface area (Å²) in [6.45, 7) is 2.28. The van der Waals surface area contributed by atoms with Crippen molar-refractivity contribution >= 4 is 18.0 Å². The van der Waals surface area contributed by atoms with Crippen molar-refractivity contribution in [2.45, 2.75) is 31.8 Å². The van der Waals surface area contributed by atoms with Gasteiger partial charge in [0.05, 0.1) is 37.9 Å². The number of ether oxygens (including phenoxy) is 2. The Morgan fingerprint density at radius 2 is 2.08 bits per heavy atom. The molecule has 0 amide bonds. The number of rotatable bonds is 5. The van der Waals surface area contributed by atoms with Crippen LogP contribution in [0.5, 0.6) is 5.75 Å². The van der Waals surface area contributed by atoms with Crippen molar-refractivity contribution in [3.05, 3.63) is 42.2 Å². The van der Waals surface area contributed by atoms with Crippen LogP contribution in [0.25, 0.3) is 0 Å². The highest BCUT2D eigenvalue weighted by atomic mass is 16.5. The molecule has 2 aliphatic heterocycles. The number of carbonyl (C=O) groups excluding carboxylic acids is 1. The molecule has 1 aliphatic carbocycles. The molecule has 0 spiro atoms. The maximum absolute atomic E-state index is 12.0. The summed E-state index contributed by atoms with van der Waals surface area (Å²) in [7, 11) is 1.67. The summed E-state index contributed by atoms with van der Waals surface area (Å²) in [4.78, 5) is 23.3. The molecule has 6 nitrogen and oxygen atoms in total. The van der Waals surface area contributed by atoms with E-state index in [0.717, 1.165) is 24.4 Å². The second-order valence-electron chi connectivity index (χ2n) is 6.82. The van der Waals surface area contributed by atoms with Gasteiger partial charge in [-0.05, 0) is 43.4 Å². The van der Waals surface area contributed by atoms with Crippen molar-refractivity contribution in [3.8, 4) is 5.75 Å². The molecule has 1 fully saturated rings. The molecule has 26 heavy (non-hydrogen) atoms. The molecule has 0 aromatic heterocycles. The lowest BCUT2D eigenvalue weighted by Gasteiger charge is -2.38. The van der Waals surface area contributed by atoms with Crippen LogP contribution in [0.2, 0.25) is 0 Å². The highest BCUT2D eigenvalue weighted by molar-refractivity contribution is 6.30. The Balaban J connectivity index is 1.57. The van der Waals surface area contributed by atoms with Crippen molar-refractivity contribution in [1.82, 2.24) is 4.90 Å². The molecule has 1 aromatic carbocycles. The third-order valence-electron chi connectivity index (χ3n) is 5.29. The number of amidine groups is 1. The number of hydrogen-bond acceptors (Lipinski definition) is 6. The predicted molar refractivity (Wildman–Crippen MR) is 99.3 cm³/mol. The van der Waals surface area contributed by atoms with Gasteiger partial charge in [0, 0.05) is 12.4 Å². The minimum atomic E-state index is -0.0849.